The van der Waals surface area contributed by atoms with Crippen LogP contribution in [0.15, 0.2) is 48.5 Å². The molecule has 4 rings (SSSR count). The van der Waals surface area contributed by atoms with Crippen molar-refractivity contribution in [1.82, 2.24) is 9.80 Å². The van der Waals surface area contributed by atoms with Gasteiger partial charge in [-0.1, -0.05) is 43.9 Å². The van der Waals surface area contributed by atoms with E-state index in [1.165, 1.54) is 12.1 Å². The van der Waals surface area contributed by atoms with Crippen molar-refractivity contribution in [2.24, 2.45) is 0 Å². The van der Waals surface area contributed by atoms with Crippen LogP contribution in [0.2, 0.25) is 0 Å². The topological polar surface area (TPSA) is 68.3 Å². The largest absolute Gasteiger partial charge is 0.493 e. The molecule has 1 saturated heterocycles. The van der Waals surface area contributed by atoms with Gasteiger partial charge in [0.05, 0.1) is 31.7 Å². The Labute approximate surface area is 218 Å². The van der Waals surface area contributed by atoms with Gasteiger partial charge in [-0.25, -0.2) is 4.39 Å². The molecule has 2 aliphatic heterocycles. The first-order chi connectivity index (χ1) is 18.0. The molecule has 0 N–H and O–H groups in total. The van der Waals surface area contributed by atoms with Gasteiger partial charge in [-0.3, -0.25) is 9.59 Å². The molecule has 0 unspecified atom stereocenters. The maximum absolute atomic E-state index is 13.4. The van der Waals surface area contributed by atoms with Crippen LogP contribution in [-0.2, 0) is 9.53 Å². The summed E-state index contributed by atoms with van der Waals surface area (Å²) in [5, 5.41) is 0. The Bertz CT molecular complexity index is 1050. The summed E-state index contributed by atoms with van der Waals surface area (Å²) < 4.78 is 31.5. The molecule has 2 amide bonds. The molecule has 8 heteroatoms. The fraction of sp³-hybridized carbons (Fsp3) is 0.517. The van der Waals surface area contributed by atoms with Gasteiger partial charge in [0, 0.05) is 26.3 Å². The van der Waals surface area contributed by atoms with Crippen LogP contribution < -0.4 is 9.47 Å². The van der Waals surface area contributed by atoms with E-state index in [9.17, 15) is 14.0 Å². The van der Waals surface area contributed by atoms with Crippen molar-refractivity contribution in [3.8, 4) is 11.5 Å². The van der Waals surface area contributed by atoms with E-state index in [1.807, 2.05) is 19.2 Å². The number of para-hydroxylation sites is 1. The van der Waals surface area contributed by atoms with Crippen LogP contribution in [0.3, 0.4) is 0 Å². The first-order valence-electron chi connectivity index (χ1n) is 13.3. The highest BCUT2D eigenvalue weighted by molar-refractivity contribution is 5.96. The highest BCUT2D eigenvalue weighted by Gasteiger charge is 2.38. The Morgan fingerprint density at radius 3 is 2.59 bits per heavy atom. The van der Waals surface area contributed by atoms with Crippen molar-refractivity contribution in [3.05, 3.63) is 59.9 Å². The van der Waals surface area contributed by atoms with Gasteiger partial charge in [0.2, 0.25) is 5.91 Å². The van der Waals surface area contributed by atoms with Crippen LogP contribution >= 0.6 is 0 Å². The van der Waals surface area contributed by atoms with E-state index in [2.05, 4.69) is 0 Å². The number of carbonyl (C=O) groups excluding carboxylic acids is 2. The molecule has 2 atom stereocenters. The van der Waals surface area contributed by atoms with Crippen molar-refractivity contribution in [2.75, 3.05) is 39.9 Å². The number of fused-ring (bicyclic) bond motifs is 2. The minimum Gasteiger partial charge on any atom is -0.493 e. The molecule has 1 fully saturated rings. The average molecular weight is 513 g/mol. The molecule has 0 spiro atoms. The molecule has 2 aromatic rings. The Morgan fingerprint density at radius 2 is 1.76 bits per heavy atom. The average Bonchev–Trinajstić information content (AvgIpc) is 3.29. The second kappa shape index (κ2) is 13.4. The summed E-state index contributed by atoms with van der Waals surface area (Å²) in [6, 6.07) is 13.2. The van der Waals surface area contributed by atoms with E-state index in [0.717, 1.165) is 38.5 Å². The van der Waals surface area contributed by atoms with Crippen molar-refractivity contribution >= 4 is 11.8 Å². The maximum Gasteiger partial charge on any atom is 0.257 e. The summed E-state index contributed by atoms with van der Waals surface area (Å²) in [6.07, 6.45) is 5.91. The molecule has 0 aromatic heterocycles. The van der Waals surface area contributed by atoms with Gasteiger partial charge >= 0.3 is 0 Å². The molecule has 0 saturated carbocycles. The summed E-state index contributed by atoms with van der Waals surface area (Å²) in [4.78, 5) is 29.6. The monoisotopic (exact) mass is 512 g/mol. The number of ether oxygens (including phenoxy) is 3. The quantitative estimate of drug-likeness (QED) is 0.594. The van der Waals surface area contributed by atoms with Gasteiger partial charge in [-0.05, 0) is 37.1 Å². The lowest BCUT2D eigenvalue weighted by atomic mass is 10.1. The van der Waals surface area contributed by atoms with Gasteiger partial charge in [0.25, 0.3) is 5.91 Å². The smallest absolute Gasteiger partial charge is 0.257 e. The molecule has 2 aliphatic rings. The number of amides is 2. The van der Waals surface area contributed by atoms with Gasteiger partial charge in [0.15, 0.2) is 0 Å². The summed E-state index contributed by atoms with van der Waals surface area (Å²) in [7, 11) is 1.83. The fourth-order valence-electron chi connectivity index (χ4n) is 4.80. The number of benzene rings is 2. The minimum atomic E-state index is -0.389. The molecule has 200 valence electrons. The number of carbonyl (C=O) groups is 2. The molecule has 0 radical (unpaired) electrons. The Morgan fingerprint density at radius 1 is 1.00 bits per heavy atom. The number of halogens is 1. The van der Waals surface area contributed by atoms with E-state index in [-0.39, 0.29) is 42.9 Å². The predicted molar refractivity (Wildman–Crippen MR) is 138 cm³/mol. The summed E-state index contributed by atoms with van der Waals surface area (Å²) in [5.41, 5.74) is 0.518. The standard InChI is InChI=1S/C29H37FN2O5/c1-31-16-8-4-2-3-5-9-17-36-26-20-32(28(33)15-18-35-23-12-10-11-22(30)19-23)21-27(26)37-25-14-7-6-13-24(25)29(31)34/h6-7,10-14,19,26-27H,2-5,8-9,15-18,20-21H2,1H3/t26-,27-/m1/s1. The zero-order valence-corrected chi connectivity index (χ0v) is 21.6. The normalized spacial score (nSPS) is 21.6. The van der Waals surface area contributed by atoms with E-state index in [0.29, 0.717) is 43.3 Å². The molecule has 2 heterocycles. The zero-order valence-electron chi connectivity index (χ0n) is 21.6. The third-order valence-corrected chi connectivity index (χ3v) is 6.91. The summed E-state index contributed by atoms with van der Waals surface area (Å²) >= 11 is 0. The summed E-state index contributed by atoms with van der Waals surface area (Å²) in [6.45, 7) is 2.25. The molecule has 37 heavy (non-hydrogen) atoms. The lowest BCUT2D eigenvalue weighted by Gasteiger charge is -2.24. The molecule has 0 aliphatic carbocycles. The third-order valence-electron chi connectivity index (χ3n) is 6.91. The van der Waals surface area contributed by atoms with E-state index in [4.69, 9.17) is 14.2 Å². The van der Waals surface area contributed by atoms with Crippen molar-refractivity contribution in [2.45, 2.75) is 57.2 Å². The summed E-state index contributed by atoms with van der Waals surface area (Å²) in [5.74, 6) is 0.377. The SMILES string of the molecule is CN1CCCCCCCCO[C@@H]2CN(C(=O)CCOc3cccc(F)c3)C[C@H]2Oc2ccccc2C1=O. The molecule has 2 aromatic carbocycles. The lowest BCUT2D eigenvalue weighted by molar-refractivity contribution is -0.131. The Hall–Kier alpha value is -3.13. The highest BCUT2D eigenvalue weighted by Crippen LogP contribution is 2.26. The predicted octanol–water partition coefficient (Wildman–Crippen LogP) is 4.70. The van der Waals surface area contributed by atoms with Crippen LogP contribution in [-0.4, -0.2) is 73.7 Å². The molecular formula is C29H37FN2O5. The second-order valence-electron chi connectivity index (χ2n) is 9.76. The number of rotatable bonds is 4. The Balaban J connectivity index is 1.43. The second-order valence-corrected chi connectivity index (χ2v) is 9.76. The van der Waals surface area contributed by atoms with Crippen molar-refractivity contribution in [1.29, 1.82) is 0 Å². The van der Waals surface area contributed by atoms with E-state index < -0.39 is 0 Å². The van der Waals surface area contributed by atoms with Crippen molar-refractivity contribution < 1.29 is 28.2 Å². The van der Waals surface area contributed by atoms with Gasteiger partial charge in [-0.2, -0.15) is 0 Å². The van der Waals surface area contributed by atoms with Gasteiger partial charge in [-0.15, -0.1) is 0 Å². The fourth-order valence-corrected chi connectivity index (χ4v) is 4.80. The van der Waals surface area contributed by atoms with Crippen LogP contribution in [0.25, 0.3) is 0 Å². The molecule has 0 bridgehead atoms. The number of hydrogen-bond acceptors (Lipinski definition) is 5. The van der Waals surface area contributed by atoms with E-state index >= 15 is 0 Å². The number of nitrogens with zero attached hydrogens (tertiary/aromatic N) is 2. The van der Waals surface area contributed by atoms with Crippen LogP contribution in [0, 0.1) is 5.82 Å². The van der Waals surface area contributed by atoms with Crippen LogP contribution in [0.5, 0.6) is 11.5 Å². The lowest BCUT2D eigenvalue weighted by Crippen LogP contribution is -2.34. The van der Waals surface area contributed by atoms with Crippen LogP contribution in [0.4, 0.5) is 4.39 Å². The number of hydrogen-bond donors (Lipinski definition) is 0. The minimum absolute atomic E-state index is 0.0689. The number of likely N-dealkylation sites (tertiary alicyclic amines) is 1. The molecular weight excluding hydrogens is 475 g/mol. The van der Waals surface area contributed by atoms with Gasteiger partial charge in [0.1, 0.15) is 29.5 Å². The van der Waals surface area contributed by atoms with Crippen molar-refractivity contribution in [3.63, 3.8) is 0 Å². The van der Waals surface area contributed by atoms with E-state index in [1.54, 1.807) is 34.1 Å². The zero-order chi connectivity index (χ0) is 26.0. The Kier molecular flexibility index (Phi) is 9.77. The first kappa shape index (κ1) is 26.9. The van der Waals surface area contributed by atoms with Crippen LogP contribution in [0.1, 0.15) is 55.3 Å². The molecule has 7 nitrogen and oxygen atoms in total. The highest BCUT2D eigenvalue weighted by atomic mass is 19.1. The maximum atomic E-state index is 13.4. The third kappa shape index (κ3) is 7.68. The van der Waals surface area contributed by atoms with Gasteiger partial charge < -0.3 is 24.0 Å². The first-order valence-corrected chi connectivity index (χ1v) is 13.3.